The maximum absolute atomic E-state index is 13.4. The molecule has 0 fully saturated rings. The zero-order valence-corrected chi connectivity index (χ0v) is 15.4. The molecule has 3 atom stereocenters. The fourth-order valence-electron chi connectivity index (χ4n) is 3.04. The van der Waals surface area contributed by atoms with E-state index in [0.717, 1.165) is 17.0 Å². The van der Waals surface area contributed by atoms with Gasteiger partial charge in [-0.05, 0) is 54.1 Å². The monoisotopic (exact) mass is 383 g/mol. The summed E-state index contributed by atoms with van der Waals surface area (Å²) in [4.78, 5) is 0.672. The Balaban J connectivity index is 1.68. The number of fused-ring (bicyclic) bond motifs is 1. The van der Waals surface area contributed by atoms with Crippen LogP contribution < -0.4 is 14.8 Å². The molecular weight excluding hydrogens is 365 g/mol. The summed E-state index contributed by atoms with van der Waals surface area (Å²) in [6.45, 7) is 0. The van der Waals surface area contributed by atoms with Gasteiger partial charge in [-0.25, -0.2) is 4.39 Å². The van der Waals surface area contributed by atoms with Crippen molar-refractivity contribution in [1.82, 2.24) is 0 Å². The second-order valence-corrected chi connectivity index (χ2v) is 7.63. The number of para-hydroxylation sites is 1. The van der Waals surface area contributed by atoms with Gasteiger partial charge in [0.25, 0.3) is 0 Å². The summed E-state index contributed by atoms with van der Waals surface area (Å²) in [7, 11) is 0.253. The third-order valence-corrected chi connectivity index (χ3v) is 5.99. The molecule has 1 aliphatic rings. The van der Waals surface area contributed by atoms with Crippen LogP contribution >= 0.6 is 0 Å². The van der Waals surface area contributed by atoms with Crippen LogP contribution in [0.2, 0.25) is 0 Å². The number of methoxy groups -OCH3 is 1. The smallest absolute Gasteiger partial charge is 0.201 e. The van der Waals surface area contributed by atoms with Crippen LogP contribution in [0.4, 0.5) is 10.1 Å². The van der Waals surface area contributed by atoms with E-state index in [0.29, 0.717) is 10.6 Å². The van der Waals surface area contributed by atoms with Crippen LogP contribution in [0, 0.1) is 5.82 Å². The molecule has 0 saturated heterocycles. The molecule has 6 heteroatoms. The van der Waals surface area contributed by atoms with Gasteiger partial charge >= 0.3 is 0 Å². The molecule has 1 aliphatic heterocycles. The number of anilines is 1. The summed E-state index contributed by atoms with van der Waals surface area (Å²) in [5.41, 5.74) is 0.981. The number of hydrogen-bond donors (Lipinski definition) is 1. The quantitative estimate of drug-likeness (QED) is 0.704. The number of ether oxygens (including phenoxy) is 2. The molecule has 3 aromatic carbocycles. The summed E-state index contributed by atoms with van der Waals surface area (Å²) in [6, 6.07) is 20.5. The van der Waals surface area contributed by atoms with E-state index in [1.54, 1.807) is 25.3 Å². The minimum atomic E-state index is -1.35. The number of benzene rings is 3. The van der Waals surface area contributed by atoms with Crippen LogP contribution in [0.3, 0.4) is 0 Å². The van der Waals surface area contributed by atoms with Crippen molar-refractivity contribution in [2.75, 3.05) is 12.4 Å². The van der Waals surface area contributed by atoms with E-state index in [1.165, 1.54) is 12.1 Å². The van der Waals surface area contributed by atoms with E-state index >= 15 is 0 Å². The molecule has 1 N–H and O–H groups in total. The van der Waals surface area contributed by atoms with Gasteiger partial charge in [0.15, 0.2) is 0 Å². The van der Waals surface area contributed by atoms with Crippen LogP contribution in [0.5, 0.6) is 11.5 Å². The number of rotatable bonds is 5. The Morgan fingerprint density at radius 2 is 1.74 bits per heavy atom. The fourth-order valence-corrected chi connectivity index (χ4v) is 4.49. The summed E-state index contributed by atoms with van der Waals surface area (Å²) in [6.07, 6.45) is 0. The lowest BCUT2D eigenvalue weighted by molar-refractivity contribution is 0.267. The predicted octanol–water partition coefficient (Wildman–Crippen LogP) is 4.51. The van der Waals surface area contributed by atoms with Crippen LogP contribution in [0.15, 0.2) is 77.7 Å². The predicted molar refractivity (Wildman–Crippen MR) is 103 cm³/mol. The van der Waals surface area contributed by atoms with E-state index < -0.39 is 22.3 Å². The third-order valence-electron chi connectivity index (χ3n) is 4.43. The van der Waals surface area contributed by atoms with E-state index in [4.69, 9.17) is 9.47 Å². The highest BCUT2D eigenvalue weighted by molar-refractivity contribution is 7.86. The molecule has 0 radical (unpaired) electrons. The lowest BCUT2D eigenvalue weighted by Crippen LogP contribution is -2.31. The van der Waals surface area contributed by atoms with Crippen molar-refractivity contribution in [3.8, 4) is 11.5 Å². The maximum Gasteiger partial charge on any atom is 0.201 e. The van der Waals surface area contributed by atoms with Crippen molar-refractivity contribution < 1.29 is 18.1 Å². The average Bonchev–Trinajstić information content (AvgIpc) is 3.04. The second kappa shape index (κ2) is 7.40. The first-order valence-electron chi connectivity index (χ1n) is 8.48. The first-order valence-corrected chi connectivity index (χ1v) is 9.69. The number of halogens is 1. The Morgan fingerprint density at radius 1 is 1.04 bits per heavy atom. The highest BCUT2D eigenvalue weighted by Gasteiger charge is 2.38. The largest absolute Gasteiger partial charge is 0.497 e. The van der Waals surface area contributed by atoms with Gasteiger partial charge in [-0.1, -0.05) is 24.3 Å². The van der Waals surface area contributed by atoms with Crippen molar-refractivity contribution in [2.45, 2.75) is 16.4 Å². The molecule has 4 rings (SSSR count). The molecule has 4 nitrogen and oxygen atoms in total. The molecule has 0 amide bonds. The van der Waals surface area contributed by atoms with E-state index in [2.05, 4.69) is 5.32 Å². The SMILES string of the molecule is COc1ccc(N[C@H](c2ccc(F)cc2)[C@H]2Oc3ccccc3S2=O)cc1. The molecule has 0 spiro atoms. The summed E-state index contributed by atoms with van der Waals surface area (Å²) in [5, 5.41) is 3.38. The topological polar surface area (TPSA) is 47.6 Å². The number of nitrogens with one attached hydrogen (secondary N) is 1. The fraction of sp³-hybridized carbons (Fsp3) is 0.143. The highest BCUT2D eigenvalue weighted by atomic mass is 32.2. The van der Waals surface area contributed by atoms with E-state index in [1.807, 2.05) is 42.5 Å². The minimum Gasteiger partial charge on any atom is -0.497 e. The van der Waals surface area contributed by atoms with Gasteiger partial charge in [-0.2, -0.15) is 0 Å². The first kappa shape index (κ1) is 17.5. The van der Waals surface area contributed by atoms with Crippen molar-refractivity contribution >= 4 is 16.5 Å². The molecule has 0 aromatic heterocycles. The third kappa shape index (κ3) is 3.53. The van der Waals surface area contributed by atoms with Crippen molar-refractivity contribution in [3.05, 3.63) is 84.2 Å². The van der Waals surface area contributed by atoms with E-state index in [-0.39, 0.29) is 5.82 Å². The van der Waals surface area contributed by atoms with Gasteiger partial charge in [0, 0.05) is 5.69 Å². The van der Waals surface area contributed by atoms with Gasteiger partial charge < -0.3 is 14.8 Å². The zero-order valence-electron chi connectivity index (χ0n) is 14.6. The molecule has 3 aromatic rings. The standard InChI is InChI=1S/C21H18FNO3S/c1-25-17-12-10-16(11-13-17)23-20(14-6-8-15(22)9-7-14)21-26-18-4-2-3-5-19(18)27(21)24/h2-13,20-21,23H,1H3/t20-,21+,27?/m1/s1. The van der Waals surface area contributed by atoms with Crippen molar-refractivity contribution in [3.63, 3.8) is 0 Å². The Morgan fingerprint density at radius 3 is 2.41 bits per heavy atom. The molecule has 0 saturated carbocycles. The summed E-state index contributed by atoms with van der Waals surface area (Å²) in [5.74, 6) is 1.04. The first-order chi connectivity index (χ1) is 13.2. The second-order valence-electron chi connectivity index (χ2n) is 6.13. The Labute approximate surface area is 159 Å². The van der Waals surface area contributed by atoms with Crippen LogP contribution in [0.1, 0.15) is 11.6 Å². The molecular formula is C21H18FNO3S. The highest BCUT2D eigenvalue weighted by Crippen LogP contribution is 2.39. The summed E-state index contributed by atoms with van der Waals surface area (Å²) >= 11 is 0. The van der Waals surface area contributed by atoms with Gasteiger partial charge in [0.1, 0.15) is 34.2 Å². The van der Waals surface area contributed by atoms with Gasteiger partial charge in [-0.3, -0.25) is 4.21 Å². The molecule has 27 heavy (non-hydrogen) atoms. The van der Waals surface area contributed by atoms with Gasteiger partial charge in [0.2, 0.25) is 5.44 Å². The summed E-state index contributed by atoms with van der Waals surface area (Å²) < 4.78 is 37.6. The zero-order chi connectivity index (χ0) is 18.8. The molecule has 1 heterocycles. The Kier molecular flexibility index (Phi) is 4.81. The van der Waals surface area contributed by atoms with Crippen LogP contribution in [-0.4, -0.2) is 16.8 Å². The van der Waals surface area contributed by atoms with Crippen LogP contribution in [0.25, 0.3) is 0 Å². The minimum absolute atomic E-state index is 0.321. The molecule has 1 unspecified atom stereocenters. The van der Waals surface area contributed by atoms with E-state index in [9.17, 15) is 8.60 Å². The van der Waals surface area contributed by atoms with Gasteiger partial charge in [-0.15, -0.1) is 0 Å². The Bertz CT molecular complexity index is 960. The molecule has 0 aliphatic carbocycles. The number of hydrogen-bond acceptors (Lipinski definition) is 4. The van der Waals surface area contributed by atoms with Crippen LogP contribution in [-0.2, 0) is 10.8 Å². The average molecular weight is 383 g/mol. The normalized spacial score (nSPS) is 19.0. The van der Waals surface area contributed by atoms with Crippen molar-refractivity contribution in [2.24, 2.45) is 0 Å². The Hall–Kier alpha value is -2.86. The molecule has 138 valence electrons. The lowest BCUT2D eigenvalue weighted by Gasteiger charge is -2.25. The van der Waals surface area contributed by atoms with Gasteiger partial charge in [0.05, 0.1) is 12.0 Å². The van der Waals surface area contributed by atoms with Crippen molar-refractivity contribution in [1.29, 1.82) is 0 Å². The maximum atomic E-state index is 13.4. The lowest BCUT2D eigenvalue weighted by atomic mass is 10.1. The molecule has 0 bridgehead atoms.